The van der Waals surface area contributed by atoms with Crippen LogP contribution in [0, 0.1) is 5.82 Å². The molecule has 0 spiro atoms. The van der Waals surface area contributed by atoms with E-state index in [4.69, 9.17) is 0 Å². The minimum absolute atomic E-state index is 0. The van der Waals surface area contributed by atoms with E-state index in [1.165, 1.54) is 38.2 Å². The van der Waals surface area contributed by atoms with Crippen LogP contribution in [0.5, 0.6) is 0 Å². The minimum atomic E-state index is -0.147. The van der Waals surface area contributed by atoms with Gasteiger partial charge in [0.05, 0.1) is 0 Å². The molecule has 0 aliphatic carbocycles. The van der Waals surface area contributed by atoms with Gasteiger partial charge in [-0.2, -0.15) is 0 Å². The molecule has 1 aromatic rings. The van der Waals surface area contributed by atoms with Crippen LogP contribution in [-0.2, 0) is 0 Å². The molecule has 0 bridgehead atoms. The normalized spacial score (nSPS) is 24.9. The Kier molecular flexibility index (Phi) is 6.63. The third-order valence-corrected chi connectivity index (χ3v) is 4.89. The van der Waals surface area contributed by atoms with Crippen LogP contribution in [0.2, 0.25) is 0 Å². The first kappa shape index (κ1) is 17.7. The van der Waals surface area contributed by atoms with E-state index in [2.05, 4.69) is 22.0 Å². The number of likely N-dealkylation sites (tertiary alicyclic amines) is 1. The maximum Gasteiger partial charge on any atom is 0.123 e. The predicted octanol–water partition coefficient (Wildman–Crippen LogP) is 2.33. The molecule has 22 heavy (non-hydrogen) atoms. The number of benzene rings is 1. The van der Waals surface area contributed by atoms with E-state index in [-0.39, 0.29) is 18.2 Å². The van der Waals surface area contributed by atoms with E-state index >= 15 is 0 Å². The molecular formula is C17H27ClFN3. The minimum Gasteiger partial charge on any atom is -0.314 e. The van der Waals surface area contributed by atoms with Gasteiger partial charge < -0.3 is 10.2 Å². The Labute approximate surface area is 139 Å². The Morgan fingerprint density at radius 2 is 1.86 bits per heavy atom. The highest BCUT2D eigenvalue weighted by molar-refractivity contribution is 5.85. The molecule has 2 unspecified atom stereocenters. The largest absolute Gasteiger partial charge is 0.314 e. The number of piperazine rings is 1. The topological polar surface area (TPSA) is 18.5 Å². The molecule has 3 rings (SSSR count). The monoisotopic (exact) mass is 327 g/mol. The number of hydrogen-bond acceptors (Lipinski definition) is 3. The molecule has 2 fully saturated rings. The van der Waals surface area contributed by atoms with Gasteiger partial charge in [0.1, 0.15) is 5.82 Å². The fourth-order valence-corrected chi connectivity index (χ4v) is 3.61. The van der Waals surface area contributed by atoms with E-state index in [0.29, 0.717) is 5.92 Å². The number of nitrogens with one attached hydrogen (secondary N) is 1. The number of rotatable bonds is 4. The van der Waals surface area contributed by atoms with Gasteiger partial charge in [0, 0.05) is 45.3 Å². The summed E-state index contributed by atoms with van der Waals surface area (Å²) >= 11 is 0. The van der Waals surface area contributed by atoms with Crippen LogP contribution in [-0.4, -0.2) is 61.7 Å². The summed E-state index contributed by atoms with van der Waals surface area (Å²) < 4.78 is 13.0. The van der Waals surface area contributed by atoms with Gasteiger partial charge in [-0.05, 0) is 36.6 Å². The highest BCUT2D eigenvalue weighted by atomic mass is 35.5. The van der Waals surface area contributed by atoms with Crippen molar-refractivity contribution >= 4 is 12.4 Å². The lowest BCUT2D eigenvalue weighted by atomic mass is 10.0. The van der Waals surface area contributed by atoms with Gasteiger partial charge in [-0.3, -0.25) is 4.90 Å². The second-order valence-electron chi connectivity index (χ2n) is 6.44. The van der Waals surface area contributed by atoms with Crippen molar-refractivity contribution in [1.82, 2.24) is 15.1 Å². The second-order valence-corrected chi connectivity index (χ2v) is 6.44. The van der Waals surface area contributed by atoms with Gasteiger partial charge in [-0.15, -0.1) is 12.4 Å². The van der Waals surface area contributed by atoms with Gasteiger partial charge in [0.2, 0.25) is 0 Å². The first-order valence-corrected chi connectivity index (χ1v) is 8.15. The van der Waals surface area contributed by atoms with Crippen LogP contribution in [0.25, 0.3) is 0 Å². The average Bonchev–Trinajstić information content (AvgIpc) is 2.97. The summed E-state index contributed by atoms with van der Waals surface area (Å²) in [5, 5.41) is 3.42. The quantitative estimate of drug-likeness (QED) is 0.915. The maximum atomic E-state index is 13.0. The Balaban J connectivity index is 0.00000176. The van der Waals surface area contributed by atoms with Crippen molar-refractivity contribution < 1.29 is 4.39 Å². The molecule has 0 radical (unpaired) electrons. The van der Waals surface area contributed by atoms with Crippen LogP contribution < -0.4 is 5.32 Å². The molecule has 0 saturated carbocycles. The summed E-state index contributed by atoms with van der Waals surface area (Å²) in [5.74, 6) is 0.318. The summed E-state index contributed by atoms with van der Waals surface area (Å²) in [4.78, 5) is 5.21. The van der Waals surface area contributed by atoms with Crippen molar-refractivity contribution in [3.63, 3.8) is 0 Å². The lowest BCUT2D eigenvalue weighted by molar-refractivity contribution is 0.170. The lowest BCUT2D eigenvalue weighted by Gasteiger charge is -2.33. The lowest BCUT2D eigenvalue weighted by Crippen LogP contribution is -2.49. The zero-order valence-corrected chi connectivity index (χ0v) is 14.1. The second kappa shape index (κ2) is 8.25. The van der Waals surface area contributed by atoms with E-state index in [0.717, 1.165) is 25.7 Å². The van der Waals surface area contributed by atoms with Crippen LogP contribution in [0.3, 0.4) is 0 Å². The van der Waals surface area contributed by atoms with Crippen LogP contribution in [0.1, 0.15) is 24.8 Å². The summed E-state index contributed by atoms with van der Waals surface area (Å²) in [6, 6.07) is 7.71. The summed E-state index contributed by atoms with van der Waals surface area (Å²) in [5.41, 5.74) is 1.24. The molecule has 0 aromatic heterocycles. The summed E-state index contributed by atoms with van der Waals surface area (Å²) in [6.07, 6.45) is 1.29. The van der Waals surface area contributed by atoms with Crippen molar-refractivity contribution in [2.24, 2.45) is 0 Å². The highest BCUT2D eigenvalue weighted by Gasteiger charge is 2.28. The summed E-state index contributed by atoms with van der Waals surface area (Å²) in [7, 11) is 0. The van der Waals surface area contributed by atoms with Crippen molar-refractivity contribution in [3.05, 3.63) is 35.6 Å². The number of nitrogens with zero attached hydrogens (tertiary/aromatic N) is 2. The molecule has 2 atom stereocenters. The average molecular weight is 328 g/mol. The summed E-state index contributed by atoms with van der Waals surface area (Å²) in [6.45, 7) is 10.3. The first-order chi connectivity index (χ1) is 10.2. The zero-order valence-electron chi connectivity index (χ0n) is 13.3. The predicted molar refractivity (Wildman–Crippen MR) is 91.4 cm³/mol. The van der Waals surface area contributed by atoms with Gasteiger partial charge >= 0.3 is 0 Å². The van der Waals surface area contributed by atoms with Crippen molar-refractivity contribution in [3.8, 4) is 0 Å². The molecule has 2 heterocycles. The van der Waals surface area contributed by atoms with E-state index in [1.807, 2.05) is 12.1 Å². The first-order valence-electron chi connectivity index (χ1n) is 8.15. The van der Waals surface area contributed by atoms with E-state index in [1.54, 1.807) is 12.1 Å². The van der Waals surface area contributed by atoms with Gasteiger partial charge in [0.25, 0.3) is 0 Å². The van der Waals surface area contributed by atoms with E-state index in [9.17, 15) is 4.39 Å². The highest BCUT2D eigenvalue weighted by Crippen LogP contribution is 2.22. The van der Waals surface area contributed by atoms with Crippen molar-refractivity contribution in [1.29, 1.82) is 0 Å². The zero-order chi connectivity index (χ0) is 14.7. The smallest absolute Gasteiger partial charge is 0.123 e. The molecule has 1 aromatic carbocycles. The molecule has 124 valence electrons. The van der Waals surface area contributed by atoms with Crippen LogP contribution >= 0.6 is 12.4 Å². The van der Waals surface area contributed by atoms with Gasteiger partial charge in [0.15, 0.2) is 0 Å². The molecule has 5 heteroatoms. The maximum absolute atomic E-state index is 13.0. The SMILES string of the molecule is CC(CN1CCC(N2CCNCC2)C1)c1ccc(F)cc1.Cl. The Hall–Kier alpha value is -0.680. The molecule has 2 aliphatic heterocycles. The molecule has 1 N–H and O–H groups in total. The molecular weight excluding hydrogens is 301 g/mol. The fraction of sp³-hybridized carbons (Fsp3) is 0.647. The molecule has 0 amide bonds. The Morgan fingerprint density at radius 1 is 1.18 bits per heavy atom. The van der Waals surface area contributed by atoms with Crippen LogP contribution in [0.15, 0.2) is 24.3 Å². The Bertz CT molecular complexity index is 448. The molecule has 2 saturated heterocycles. The van der Waals surface area contributed by atoms with Crippen molar-refractivity contribution in [2.45, 2.75) is 25.3 Å². The standard InChI is InChI=1S/C17H26FN3.ClH/c1-14(15-2-4-16(18)5-3-15)12-20-9-6-17(13-20)21-10-7-19-8-11-21;/h2-5,14,17,19H,6-13H2,1H3;1H. The molecule has 2 aliphatic rings. The van der Waals surface area contributed by atoms with E-state index < -0.39 is 0 Å². The van der Waals surface area contributed by atoms with Crippen LogP contribution in [0.4, 0.5) is 4.39 Å². The molecule has 3 nitrogen and oxygen atoms in total. The van der Waals surface area contributed by atoms with Crippen molar-refractivity contribution in [2.75, 3.05) is 45.8 Å². The number of hydrogen-bond donors (Lipinski definition) is 1. The van der Waals surface area contributed by atoms with Gasteiger partial charge in [-0.1, -0.05) is 19.1 Å². The third kappa shape index (κ3) is 4.42. The number of halogens is 2. The van der Waals surface area contributed by atoms with Gasteiger partial charge in [-0.25, -0.2) is 4.39 Å². The fourth-order valence-electron chi connectivity index (χ4n) is 3.61. The third-order valence-electron chi connectivity index (χ3n) is 4.89. The Morgan fingerprint density at radius 3 is 2.55 bits per heavy atom.